The average Bonchev–Trinajstić information content (AvgIpc) is 2.32. The van der Waals surface area contributed by atoms with Gasteiger partial charge in [0.1, 0.15) is 0 Å². The summed E-state index contributed by atoms with van der Waals surface area (Å²) in [6.07, 6.45) is 2.08. The van der Waals surface area contributed by atoms with E-state index < -0.39 is 5.54 Å². The van der Waals surface area contributed by atoms with E-state index in [0.717, 1.165) is 24.3 Å². The van der Waals surface area contributed by atoms with E-state index in [2.05, 4.69) is 19.2 Å². The maximum atomic E-state index is 11.7. The highest BCUT2D eigenvalue weighted by Crippen LogP contribution is 2.15. The lowest BCUT2D eigenvalue weighted by atomic mass is 9.94. The monoisotopic (exact) mass is 261 g/mol. The second kappa shape index (κ2) is 8.81. The third kappa shape index (κ3) is 6.94. The lowest BCUT2D eigenvalue weighted by molar-refractivity contribution is -0.123. The van der Waals surface area contributed by atoms with Crippen molar-refractivity contribution in [2.75, 3.05) is 18.1 Å². The van der Waals surface area contributed by atoms with Gasteiger partial charge in [0.25, 0.3) is 0 Å². The zero-order chi connectivity index (χ0) is 13.3. The van der Waals surface area contributed by atoms with Crippen molar-refractivity contribution in [2.45, 2.75) is 52.5 Å². The molecule has 0 bridgehead atoms. The molecule has 0 radical (unpaired) electrons. The zero-order valence-electron chi connectivity index (χ0n) is 11.6. The molecule has 102 valence electrons. The molecule has 2 N–H and O–H groups in total. The standard InChI is InChI=1S/C13H27NO2S/c1-5-13(6-2,10-15)14-12(16)7-8-17-9-11(3)4/h11,15H,5-10H2,1-4H3,(H,14,16). The van der Waals surface area contributed by atoms with Gasteiger partial charge in [0, 0.05) is 12.2 Å². The fourth-order valence-corrected chi connectivity index (χ4v) is 2.50. The van der Waals surface area contributed by atoms with Crippen LogP contribution in [0, 0.1) is 5.92 Å². The Morgan fingerprint density at radius 3 is 2.35 bits per heavy atom. The summed E-state index contributed by atoms with van der Waals surface area (Å²) in [7, 11) is 0. The van der Waals surface area contributed by atoms with Gasteiger partial charge in [-0.3, -0.25) is 4.79 Å². The molecule has 3 nitrogen and oxygen atoms in total. The largest absolute Gasteiger partial charge is 0.394 e. The Balaban J connectivity index is 3.91. The third-order valence-electron chi connectivity index (χ3n) is 2.99. The quantitative estimate of drug-likeness (QED) is 0.627. The molecule has 0 unspecified atom stereocenters. The molecular weight excluding hydrogens is 234 g/mol. The first-order chi connectivity index (χ1) is 7.99. The molecule has 0 aromatic rings. The molecule has 0 aliphatic carbocycles. The van der Waals surface area contributed by atoms with Gasteiger partial charge < -0.3 is 10.4 Å². The van der Waals surface area contributed by atoms with E-state index >= 15 is 0 Å². The molecule has 0 saturated heterocycles. The first-order valence-corrected chi connectivity index (χ1v) is 7.64. The van der Waals surface area contributed by atoms with Crippen molar-refractivity contribution in [3.8, 4) is 0 Å². The molecule has 0 atom stereocenters. The van der Waals surface area contributed by atoms with E-state index in [9.17, 15) is 9.90 Å². The highest BCUT2D eigenvalue weighted by molar-refractivity contribution is 7.99. The molecule has 17 heavy (non-hydrogen) atoms. The van der Waals surface area contributed by atoms with Crippen LogP contribution in [0.4, 0.5) is 0 Å². The van der Waals surface area contributed by atoms with Gasteiger partial charge in [-0.25, -0.2) is 0 Å². The predicted molar refractivity (Wildman–Crippen MR) is 75.3 cm³/mol. The molecular formula is C13H27NO2S. The summed E-state index contributed by atoms with van der Waals surface area (Å²) < 4.78 is 0. The van der Waals surface area contributed by atoms with Crippen LogP contribution < -0.4 is 5.32 Å². The second-order valence-corrected chi connectivity index (χ2v) is 6.06. The van der Waals surface area contributed by atoms with E-state index in [0.29, 0.717) is 12.3 Å². The van der Waals surface area contributed by atoms with Crippen LogP contribution in [-0.2, 0) is 4.79 Å². The highest BCUT2D eigenvalue weighted by Gasteiger charge is 2.26. The van der Waals surface area contributed by atoms with E-state index in [1.165, 1.54) is 0 Å². The van der Waals surface area contributed by atoms with Crippen LogP contribution in [0.3, 0.4) is 0 Å². The lowest BCUT2D eigenvalue weighted by Gasteiger charge is -2.30. The van der Waals surface area contributed by atoms with Gasteiger partial charge in [0.05, 0.1) is 12.1 Å². The minimum absolute atomic E-state index is 0.0187. The van der Waals surface area contributed by atoms with Crippen molar-refractivity contribution >= 4 is 17.7 Å². The number of thioether (sulfide) groups is 1. The van der Waals surface area contributed by atoms with Gasteiger partial charge in [-0.2, -0.15) is 11.8 Å². The van der Waals surface area contributed by atoms with Crippen molar-refractivity contribution in [1.82, 2.24) is 5.32 Å². The molecule has 0 heterocycles. The van der Waals surface area contributed by atoms with Crippen molar-refractivity contribution < 1.29 is 9.90 Å². The van der Waals surface area contributed by atoms with Crippen molar-refractivity contribution in [3.63, 3.8) is 0 Å². The van der Waals surface area contributed by atoms with Crippen molar-refractivity contribution in [3.05, 3.63) is 0 Å². The fourth-order valence-electron chi connectivity index (χ4n) is 1.53. The Morgan fingerprint density at radius 2 is 1.94 bits per heavy atom. The molecule has 1 amide bonds. The number of carbonyl (C=O) groups excluding carboxylic acids is 1. The summed E-state index contributed by atoms with van der Waals surface area (Å²) in [6, 6.07) is 0. The van der Waals surface area contributed by atoms with Crippen LogP contribution in [0.5, 0.6) is 0 Å². The molecule has 0 aliphatic heterocycles. The van der Waals surface area contributed by atoms with E-state index in [4.69, 9.17) is 0 Å². The number of aliphatic hydroxyl groups is 1. The zero-order valence-corrected chi connectivity index (χ0v) is 12.4. The summed E-state index contributed by atoms with van der Waals surface area (Å²) in [5.74, 6) is 2.68. The Bertz CT molecular complexity index is 207. The first-order valence-electron chi connectivity index (χ1n) is 6.49. The average molecular weight is 261 g/mol. The van der Waals surface area contributed by atoms with Gasteiger partial charge in [-0.15, -0.1) is 0 Å². The first kappa shape index (κ1) is 16.8. The molecule has 0 aromatic heterocycles. The topological polar surface area (TPSA) is 49.3 Å². The van der Waals surface area contributed by atoms with Crippen LogP contribution in [0.2, 0.25) is 0 Å². The summed E-state index contributed by atoms with van der Waals surface area (Å²) in [6.45, 7) is 8.36. The molecule has 4 heteroatoms. The van der Waals surface area contributed by atoms with Crippen LogP contribution in [0.25, 0.3) is 0 Å². The third-order valence-corrected chi connectivity index (χ3v) is 4.38. The Labute approximate surface area is 110 Å². The highest BCUT2D eigenvalue weighted by atomic mass is 32.2. The number of hydrogen-bond acceptors (Lipinski definition) is 3. The maximum Gasteiger partial charge on any atom is 0.221 e. The van der Waals surface area contributed by atoms with Crippen LogP contribution >= 0.6 is 11.8 Å². The maximum absolute atomic E-state index is 11.7. The van der Waals surface area contributed by atoms with E-state index in [-0.39, 0.29) is 12.5 Å². The molecule has 0 rings (SSSR count). The predicted octanol–water partition coefficient (Wildman–Crippen LogP) is 2.43. The molecule has 0 aromatic carbocycles. The van der Waals surface area contributed by atoms with Crippen molar-refractivity contribution in [2.24, 2.45) is 5.92 Å². The van der Waals surface area contributed by atoms with Crippen LogP contribution in [0.1, 0.15) is 47.0 Å². The molecule has 0 spiro atoms. The fraction of sp³-hybridized carbons (Fsp3) is 0.923. The summed E-state index contributed by atoms with van der Waals surface area (Å²) in [5, 5.41) is 12.3. The van der Waals surface area contributed by atoms with Gasteiger partial charge >= 0.3 is 0 Å². The van der Waals surface area contributed by atoms with Gasteiger partial charge in [0.15, 0.2) is 0 Å². The van der Waals surface area contributed by atoms with Crippen LogP contribution in [-0.4, -0.2) is 34.7 Å². The summed E-state index contributed by atoms with van der Waals surface area (Å²) in [4.78, 5) is 11.7. The molecule has 0 fully saturated rings. The number of aliphatic hydroxyl groups excluding tert-OH is 1. The molecule has 0 aliphatic rings. The minimum Gasteiger partial charge on any atom is -0.394 e. The van der Waals surface area contributed by atoms with Gasteiger partial charge in [-0.1, -0.05) is 27.7 Å². The van der Waals surface area contributed by atoms with Crippen molar-refractivity contribution in [1.29, 1.82) is 0 Å². The van der Waals surface area contributed by atoms with Gasteiger partial charge in [-0.05, 0) is 24.5 Å². The summed E-state index contributed by atoms with van der Waals surface area (Å²) >= 11 is 1.82. The normalized spacial score (nSPS) is 11.9. The summed E-state index contributed by atoms with van der Waals surface area (Å²) in [5.41, 5.74) is -0.417. The van der Waals surface area contributed by atoms with E-state index in [1.54, 1.807) is 0 Å². The number of hydrogen-bond donors (Lipinski definition) is 2. The number of amides is 1. The molecule has 0 saturated carbocycles. The van der Waals surface area contributed by atoms with E-state index in [1.807, 2.05) is 25.6 Å². The lowest BCUT2D eigenvalue weighted by Crippen LogP contribution is -2.50. The number of carbonyl (C=O) groups is 1. The number of rotatable bonds is 9. The number of nitrogens with one attached hydrogen (secondary N) is 1. The second-order valence-electron chi connectivity index (χ2n) is 4.91. The van der Waals surface area contributed by atoms with Gasteiger partial charge in [0.2, 0.25) is 5.91 Å². The van der Waals surface area contributed by atoms with Crippen LogP contribution in [0.15, 0.2) is 0 Å². The Hall–Kier alpha value is -0.220. The SMILES string of the molecule is CCC(CC)(CO)NC(=O)CCSCC(C)C. The Kier molecular flexibility index (Phi) is 8.70. The smallest absolute Gasteiger partial charge is 0.221 e. The minimum atomic E-state index is -0.417. The Morgan fingerprint density at radius 1 is 1.35 bits per heavy atom.